The van der Waals surface area contributed by atoms with Gasteiger partial charge in [0.15, 0.2) is 0 Å². The number of carbonyl (C=O) groups excluding carboxylic acids is 2. The molecule has 0 bridgehead atoms. The van der Waals surface area contributed by atoms with Crippen LogP contribution in [0.5, 0.6) is 5.75 Å². The van der Waals surface area contributed by atoms with Crippen LogP contribution in [-0.2, 0) is 14.3 Å². The standard InChI is InChI=1S/C29H30N2O5/c1-19-3-5-20(6-4-19)26-25(28(33)29(34)31(26)12-11-30-13-15-36-16-14-30)27(32)23-8-7-22-18-24(35-2)10-9-21(22)17-23/h3-10,17-18,26,32H,11-16H2,1-2H3/b27-25+. The molecule has 0 spiro atoms. The third-order valence-electron chi connectivity index (χ3n) is 7.01. The number of aryl methyl sites for hydroxylation is 1. The molecule has 0 saturated carbocycles. The van der Waals surface area contributed by atoms with Gasteiger partial charge in [-0.05, 0) is 41.5 Å². The summed E-state index contributed by atoms with van der Waals surface area (Å²) in [6.07, 6.45) is 0. The Morgan fingerprint density at radius 3 is 2.39 bits per heavy atom. The molecule has 0 aromatic heterocycles. The fourth-order valence-corrected chi connectivity index (χ4v) is 4.93. The van der Waals surface area contributed by atoms with Crippen molar-refractivity contribution in [1.82, 2.24) is 9.80 Å². The lowest BCUT2D eigenvalue weighted by Gasteiger charge is -2.31. The van der Waals surface area contributed by atoms with Crippen LogP contribution in [-0.4, -0.2) is 73.1 Å². The topological polar surface area (TPSA) is 79.3 Å². The number of hydrogen-bond acceptors (Lipinski definition) is 6. The van der Waals surface area contributed by atoms with E-state index < -0.39 is 17.7 Å². The molecule has 1 amide bonds. The minimum atomic E-state index is -0.658. The van der Waals surface area contributed by atoms with Gasteiger partial charge in [-0.2, -0.15) is 0 Å². The first-order chi connectivity index (χ1) is 17.5. The van der Waals surface area contributed by atoms with Gasteiger partial charge in [0.2, 0.25) is 0 Å². The lowest BCUT2D eigenvalue weighted by Crippen LogP contribution is -2.42. The molecule has 186 valence electrons. The maximum Gasteiger partial charge on any atom is 0.295 e. The van der Waals surface area contributed by atoms with Crippen LogP contribution in [0.15, 0.2) is 66.2 Å². The first-order valence-electron chi connectivity index (χ1n) is 12.2. The molecule has 1 atom stereocenters. The van der Waals surface area contributed by atoms with Crippen LogP contribution in [0.3, 0.4) is 0 Å². The summed E-state index contributed by atoms with van der Waals surface area (Å²) in [5.41, 5.74) is 2.50. The summed E-state index contributed by atoms with van der Waals surface area (Å²) in [6, 6.07) is 18.3. The zero-order chi connectivity index (χ0) is 25.2. The van der Waals surface area contributed by atoms with Gasteiger partial charge in [0.1, 0.15) is 11.5 Å². The third-order valence-corrected chi connectivity index (χ3v) is 7.01. The molecule has 7 nitrogen and oxygen atoms in total. The van der Waals surface area contributed by atoms with Gasteiger partial charge in [-0.3, -0.25) is 14.5 Å². The van der Waals surface area contributed by atoms with E-state index in [-0.39, 0.29) is 11.3 Å². The number of hydrogen-bond donors (Lipinski definition) is 1. The van der Waals surface area contributed by atoms with Gasteiger partial charge in [0.05, 0.1) is 31.9 Å². The van der Waals surface area contributed by atoms with Crippen LogP contribution in [0, 0.1) is 6.92 Å². The molecular formula is C29H30N2O5. The molecule has 2 aliphatic rings. The summed E-state index contributed by atoms with van der Waals surface area (Å²) in [5, 5.41) is 13.3. The molecule has 1 unspecified atom stereocenters. The third kappa shape index (κ3) is 4.59. The highest BCUT2D eigenvalue weighted by Gasteiger charge is 2.46. The molecule has 7 heteroatoms. The summed E-state index contributed by atoms with van der Waals surface area (Å²) in [5.74, 6) is -0.661. The minimum Gasteiger partial charge on any atom is -0.507 e. The molecule has 0 radical (unpaired) electrons. The van der Waals surface area contributed by atoms with Gasteiger partial charge in [-0.1, -0.05) is 48.0 Å². The minimum absolute atomic E-state index is 0.124. The molecule has 3 aromatic carbocycles. The number of aliphatic hydroxyl groups is 1. The van der Waals surface area contributed by atoms with Gasteiger partial charge in [0, 0.05) is 31.7 Å². The fraction of sp³-hybridized carbons (Fsp3) is 0.310. The number of ether oxygens (including phenoxy) is 2. The summed E-state index contributed by atoms with van der Waals surface area (Å²) in [4.78, 5) is 30.4. The van der Waals surface area contributed by atoms with Gasteiger partial charge < -0.3 is 19.5 Å². The summed E-state index contributed by atoms with van der Waals surface area (Å²) in [7, 11) is 1.62. The zero-order valence-corrected chi connectivity index (χ0v) is 20.6. The first kappa shape index (κ1) is 24.0. The second kappa shape index (κ2) is 10.1. The van der Waals surface area contributed by atoms with Crippen molar-refractivity contribution in [3.05, 3.63) is 82.9 Å². The number of likely N-dealkylation sites (tertiary alicyclic amines) is 1. The van der Waals surface area contributed by atoms with Crippen molar-refractivity contribution in [2.75, 3.05) is 46.5 Å². The highest BCUT2D eigenvalue weighted by molar-refractivity contribution is 6.46. The van der Waals surface area contributed by atoms with Gasteiger partial charge in [-0.15, -0.1) is 0 Å². The SMILES string of the molecule is COc1ccc2cc(/C(O)=C3\C(=O)C(=O)N(CCN4CCOCC4)C3c3ccc(C)cc3)ccc2c1. The van der Waals surface area contributed by atoms with Crippen LogP contribution in [0.1, 0.15) is 22.7 Å². The number of amides is 1. The molecule has 5 rings (SSSR count). The van der Waals surface area contributed by atoms with Crippen molar-refractivity contribution in [3.63, 3.8) is 0 Å². The molecule has 1 N–H and O–H groups in total. The summed E-state index contributed by atoms with van der Waals surface area (Å²) in [6.45, 7) is 5.92. The Balaban J connectivity index is 1.55. The number of nitrogens with zero attached hydrogens (tertiary/aromatic N) is 2. The van der Waals surface area contributed by atoms with Crippen molar-refractivity contribution in [3.8, 4) is 5.75 Å². The van der Waals surface area contributed by atoms with Crippen LogP contribution >= 0.6 is 0 Å². The van der Waals surface area contributed by atoms with Crippen LogP contribution in [0.25, 0.3) is 16.5 Å². The highest BCUT2D eigenvalue weighted by atomic mass is 16.5. The van der Waals surface area contributed by atoms with Gasteiger partial charge >= 0.3 is 0 Å². The highest BCUT2D eigenvalue weighted by Crippen LogP contribution is 2.39. The average molecular weight is 487 g/mol. The number of methoxy groups -OCH3 is 1. The first-order valence-corrected chi connectivity index (χ1v) is 12.2. The molecule has 2 saturated heterocycles. The van der Waals surface area contributed by atoms with Crippen LogP contribution in [0.2, 0.25) is 0 Å². The van der Waals surface area contributed by atoms with E-state index in [0.29, 0.717) is 31.9 Å². The summed E-state index contributed by atoms with van der Waals surface area (Å²) < 4.78 is 10.7. The van der Waals surface area contributed by atoms with Gasteiger partial charge in [-0.25, -0.2) is 0 Å². The van der Waals surface area contributed by atoms with E-state index in [1.54, 1.807) is 18.1 Å². The average Bonchev–Trinajstić information content (AvgIpc) is 3.16. The van der Waals surface area contributed by atoms with E-state index in [0.717, 1.165) is 40.7 Å². The number of rotatable bonds is 6. The van der Waals surface area contributed by atoms with Crippen molar-refractivity contribution < 1.29 is 24.2 Å². The Morgan fingerprint density at radius 2 is 1.67 bits per heavy atom. The Morgan fingerprint density at radius 1 is 0.972 bits per heavy atom. The predicted molar refractivity (Wildman–Crippen MR) is 138 cm³/mol. The van der Waals surface area contributed by atoms with Gasteiger partial charge in [0.25, 0.3) is 11.7 Å². The Bertz CT molecular complexity index is 1330. The number of benzene rings is 3. The van der Waals surface area contributed by atoms with E-state index in [2.05, 4.69) is 4.90 Å². The number of morpholine rings is 1. The number of ketones is 1. The Hall–Kier alpha value is -3.68. The van der Waals surface area contributed by atoms with Crippen molar-refractivity contribution in [2.24, 2.45) is 0 Å². The molecule has 2 aliphatic heterocycles. The van der Waals surface area contributed by atoms with E-state index in [1.165, 1.54) is 0 Å². The molecule has 3 aromatic rings. The number of Topliss-reactive ketones (excluding diaryl/α,β-unsaturated/α-hetero) is 1. The van der Waals surface area contributed by atoms with E-state index >= 15 is 0 Å². The fourth-order valence-electron chi connectivity index (χ4n) is 4.93. The largest absolute Gasteiger partial charge is 0.507 e. The van der Waals surface area contributed by atoms with Crippen LogP contribution in [0.4, 0.5) is 0 Å². The maximum atomic E-state index is 13.3. The molecular weight excluding hydrogens is 456 g/mol. The molecule has 2 heterocycles. The lowest BCUT2D eigenvalue weighted by atomic mass is 9.94. The second-order valence-electron chi connectivity index (χ2n) is 9.29. The number of fused-ring (bicyclic) bond motifs is 1. The number of aliphatic hydroxyl groups excluding tert-OH is 1. The number of carbonyl (C=O) groups is 2. The van der Waals surface area contributed by atoms with Crippen molar-refractivity contribution >= 4 is 28.2 Å². The molecule has 0 aliphatic carbocycles. The predicted octanol–water partition coefficient (Wildman–Crippen LogP) is 3.91. The van der Waals surface area contributed by atoms with Crippen molar-refractivity contribution in [2.45, 2.75) is 13.0 Å². The normalized spacial score (nSPS) is 20.3. The second-order valence-corrected chi connectivity index (χ2v) is 9.29. The lowest BCUT2D eigenvalue weighted by molar-refractivity contribution is -0.140. The monoisotopic (exact) mass is 486 g/mol. The van der Waals surface area contributed by atoms with E-state index in [4.69, 9.17) is 9.47 Å². The Kier molecular flexibility index (Phi) is 6.76. The van der Waals surface area contributed by atoms with E-state index in [9.17, 15) is 14.7 Å². The summed E-state index contributed by atoms with van der Waals surface area (Å²) >= 11 is 0. The molecule has 2 fully saturated rings. The molecule has 36 heavy (non-hydrogen) atoms. The maximum absolute atomic E-state index is 13.3. The van der Waals surface area contributed by atoms with Crippen molar-refractivity contribution in [1.29, 1.82) is 0 Å². The smallest absolute Gasteiger partial charge is 0.295 e. The quantitative estimate of drug-likeness (QED) is 0.323. The van der Waals surface area contributed by atoms with Crippen LogP contribution < -0.4 is 4.74 Å². The Labute approximate surface area is 210 Å². The zero-order valence-electron chi connectivity index (χ0n) is 20.6. The van der Waals surface area contributed by atoms with E-state index in [1.807, 2.05) is 61.5 Å².